The number of methoxy groups -OCH3 is 1. The summed E-state index contributed by atoms with van der Waals surface area (Å²) >= 11 is 0. The van der Waals surface area contributed by atoms with Gasteiger partial charge in [0.1, 0.15) is 0 Å². The smallest absolute Gasteiger partial charge is 0.0700 e. The molecule has 1 fully saturated rings. The monoisotopic (exact) mass is 260 g/mol. The quantitative estimate of drug-likeness (QED) is 0.586. The van der Waals surface area contributed by atoms with Gasteiger partial charge in [-0.2, -0.15) is 0 Å². The molecule has 1 aliphatic rings. The Morgan fingerprint density at radius 3 is 2.28 bits per heavy atom. The third-order valence-corrected chi connectivity index (χ3v) is 4.25. The van der Waals surface area contributed by atoms with Crippen LogP contribution in [-0.2, 0) is 9.47 Å². The minimum absolute atomic E-state index is 0.0895. The molecule has 0 saturated heterocycles. The van der Waals surface area contributed by atoms with Gasteiger partial charge in [-0.05, 0) is 31.6 Å². The van der Waals surface area contributed by atoms with E-state index in [4.69, 9.17) is 9.47 Å². The van der Waals surface area contributed by atoms with Gasteiger partial charge in [-0.3, -0.25) is 0 Å². The second-order valence-corrected chi connectivity index (χ2v) is 5.37. The Morgan fingerprint density at radius 2 is 1.72 bits per heavy atom. The molecule has 108 valence electrons. The highest BCUT2D eigenvalue weighted by Gasteiger charge is 2.38. The third kappa shape index (κ3) is 4.50. The van der Waals surface area contributed by atoms with Gasteiger partial charge in [-0.15, -0.1) is 0 Å². The second-order valence-electron chi connectivity index (χ2n) is 5.37. The van der Waals surface area contributed by atoms with E-state index in [0.29, 0.717) is 25.7 Å². The zero-order chi connectivity index (χ0) is 13.3. The molecule has 0 bridgehead atoms. The number of hydrogen-bond donors (Lipinski definition) is 2. The number of aliphatic hydroxyl groups excluding tert-OH is 2. The highest BCUT2D eigenvalue weighted by Crippen LogP contribution is 2.42. The topological polar surface area (TPSA) is 58.9 Å². The van der Waals surface area contributed by atoms with Gasteiger partial charge in [0, 0.05) is 19.1 Å². The maximum Gasteiger partial charge on any atom is 0.0700 e. The highest BCUT2D eigenvalue weighted by molar-refractivity contribution is 4.88. The molecule has 0 amide bonds. The van der Waals surface area contributed by atoms with Crippen LogP contribution >= 0.6 is 0 Å². The van der Waals surface area contributed by atoms with E-state index in [1.807, 2.05) is 0 Å². The Balaban J connectivity index is 2.28. The van der Waals surface area contributed by atoms with Crippen molar-refractivity contribution in [1.82, 2.24) is 0 Å². The molecular formula is C14H28O4. The predicted octanol–water partition coefficient (Wildman–Crippen LogP) is 1.59. The molecular weight excluding hydrogens is 232 g/mol. The standard InChI is InChI=1S/C14H28O4/c1-17-9-10-18-8-4-7-14(11-15,12-16)13-5-2-3-6-13/h13,15-16H,2-12H2,1H3. The molecule has 1 aliphatic carbocycles. The Kier molecular flexibility index (Phi) is 7.82. The predicted molar refractivity (Wildman–Crippen MR) is 70.5 cm³/mol. The molecule has 0 unspecified atom stereocenters. The molecule has 18 heavy (non-hydrogen) atoms. The molecule has 1 saturated carbocycles. The summed E-state index contributed by atoms with van der Waals surface area (Å²) in [6.45, 7) is 2.09. The van der Waals surface area contributed by atoms with E-state index in [0.717, 1.165) is 25.7 Å². The molecule has 4 heteroatoms. The maximum absolute atomic E-state index is 9.66. The lowest BCUT2D eigenvalue weighted by Gasteiger charge is -2.36. The van der Waals surface area contributed by atoms with Crippen molar-refractivity contribution < 1.29 is 19.7 Å². The second kappa shape index (κ2) is 8.86. The van der Waals surface area contributed by atoms with Gasteiger partial charge in [0.15, 0.2) is 0 Å². The van der Waals surface area contributed by atoms with Crippen molar-refractivity contribution in [2.24, 2.45) is 11.3 Å². The van der Waals surface area contributed by atoms with Crippen LogP contribution < -0.4 is 0 Å². The number of ether oxygens (including phenoxy) is 2. The molecule has 0 aromatic heterocycles. The van der Waals surface area contributed by atoms with Crippen molar-refractivity contribution in [1.29, 1.82) is 0 Å². The fraction of sp³-hybridized carbons (Fsp3) is 1.00. The summed E-state index contributed by atoms with van der Waals surface area (Å²) in [4.78, 5) is 0. The average Bonchev–Trinajstić information content (AvgIpc) is 2.93. The van der Waals surface area contributed by atoms with Crippen LogP contribution in [0.15, 0.2) is 0 Å². The normalized spacial score (nSPS) is 17.5. The van der Waals surface area contributed by atoms with Crippen LogP contribution in [0.4, 0.5) is 0 Å². The van der Waals surface area contributed by atoms with Crippen molar-refractivity contribution in [2.45, 2.75) is 38.5 Å². The molecule has 0 aromatic rings. The largest absolute Gasteiger partial charge is 0.396 e. The van der Waals surface area contributed by atoms with Crippen molar-refractivity contribution in [3.8, 4) is 0 Å². The van der Waals surface area contributed by atoms with Gasteiger partial charge in [-0.1, -0.05) is 12.8 Å². The van der Waals surface area contributed by atoms with E-state index >= 15 is 0 Å². The maximum atomic E-state index is 9.66. The van der Waals surface area contributed by atoms with Crippen LogP contribution in [0.1, 0.15) is 38.5 Å². The first kappa shape index (κ1) is 15.9. The van der Waals surface area contributed by atoms with Crippen molar-refractivity contribution in [3.05, 3.63) is 0 Å². The zero-order valence-electron chi connectivity index (χ0n) is 11.6. The summed E-state index contributed by atoms with van der Waals surface area (Å²) in [5.41, 5.74) is -0.291. The molecule has 0 heterocycles. The third-order valence-electron chi connectivity index (χ3n) is 4.25. The first-order valence-corrected chi connectivity index (χ1v) is 7.07. The lowest BCUT2D eigenvalue weighted by molar-refractivity contribution is -0.0113. The minimum atomic E-state index is -0.291. The Labute approximate surface area is 110 Å². The van der Waals surface area contributed by atoms with Crippen LogP contribution in [0.5, 0.6) is 0 Å². The van der Waals surface area contributed by atoms with Crippen LogP contribution in [0.2, 0.25) is 0 Å². The summed E-state index contributed by atoms with van der Waals surface area (Å²) in [6.07, 6.45) is 6.49. The van der Waals surface area contributed by atoms with E-state index in [-0.39, 0.29) is 18.6 Å². The lowest BCUT2D eigenvalue weighted by atomic mass is 9.72. The summed E-state index contributed by atoms with van der Waals surface area (Å²) in [5, 5.41) is 19.3. The van der Waals surface area contributed by atoms with Gasteiger partial charge in [0.2, 0.25) is 0 Å². The summed E-state index contributed by atoms with van der Waals surface area (Å²) < 4.78 is 10.3. The molecule has 0 radical (unpaired) electrons. The Bertz CT molecular complexity index is 198. The van der Waals surface area contributed by atoms with Crippen LogP contribution in [-0.4, -0.2) is 50.4 Å². The van der Waals surface area contributed by atoms with Gasteiger partial charge >= 0.3 is 0 Å². The van der Waals surface area contributed by atoms with E-state index in [1.165, 1.54) is 12.8 Å². The number of aliphatic hydroxyl groups is 2. The van der Waals surface area contributed by atoms with E-state index in [1.54, 1.807) is 7.11 Å². The first-order chi connectivity index (χ1) is 8.79. The Morgan fingerprint density at radius 1 is 1.06 bits per heavy atom. The van der Waals surface area contributed by atoms with Crippen LogP contribution in [0.25, 0.3) is 0 Å². The lowest BCUT2D eigenvalue weighted by Crippen LogP contribution is -2.37. The zero-order valence-corrected chi connectivity index (χ0v) is 11.6. The summed E-state index contributed by atoms with van der Waals surface area (Å²) in [6, 6.07) is 0. The summed E-state index contributed by atoms with van der Waals surface area (Å²) in [5.74, 6) is 0.478. The van der Waals surface area contributed by atoms with Crippen molar-refractivity contribution >= 4 is 0 Å². The van der Waals surface area contributed by atoms with Gasteiger partial charge in [0.05, 0.1) is 26.4 Å². The van der Waals surface area contributed by atoms with Crippen molar-refractivity contribution in [2.75, 3.05) is 40.1 Å². The van der Waals surface area contributed by atoms with Gasteiger partial charge in [0.25, 0.3) is 0 Å². The molecule has 2 N–H and O–H groups in total. The Hall–Kier alpha value is -0.160. The van der Waals surface area contributed by atoms with Crippen LogP contribution in [0, 0.1) is 11.3 Å². The minimum Gasteiger partial charge on any atom is -0.396 e. The van der Waals surface area contributed by atoms with Crippen molar-refractivity contribution in [3.63, 3.8) is 0 Å². The molecule has 0 aromatic carbocycles. The molecule has 1 rings (SSSR count). The number of hydrogen-bond acceptors (Lipinski definition) is 4. The van der Waals surface area contributed by atoms with Gasteiger partial charge < -0.3 is 19.7 Å². The summed E-state index contributed by atoms with van der Waals surface area (Å²) in [7, 11) is 1.66. The number of rotatable bonds is 10. The molecule has 0 atom stereocenters. The molecule has 0 aliphatic heterocycles. The SMILES string of the molecule is COCCOCCCC(CO)(CO)C1CCCC1. The average molecular weight is 260 g/mol. The first-order valence-electron chi connectivity index (χ1n) is 7.07. The van der Waals surface area contributed by atoms with Crippen LogP contribution in [0.3, 0.4) is 0 Å². The van der Waals surface area contributed by atoms with E-state index < -0.39 is 0 Å². The molecule has 0 spiro atoms. The van der Waals surface area contributed by atoms with E-state index in [2.05, 4.69) is 0 Å². The highest BCUT2D eigenvalue weighted by atomic mass is 16.5. The van der Waals surface area contributed by atoms with Gasteiger partial charge in [-0.25, -0.2) is 0 Å². The molecule has 4 nitrogen and oxygen atoms in total. The fourth-order valence-corrected chi connectivity index (χ4v) is 2.98. The van der Waals surface area contributed by atoms with E-state index in [9.17, 15) is 10.2 Å². The fourth-order valence-electron chi connectivity index (χ4n) is 2.98.